The highest BCUT2D eigenvalue weighted by Crippen LogP contribution is 2.43. The molecule has 0 bridgehead atoms. The van der Waals surface area contributed by atoms with Gasteiger partial charge in [0.05, 0.1) is 25.9 Å². The van der Waals surface area contributed by atoms with Gasteiger partial charge in [0.15, 0.2) is 0 Å². The zero-order chi connectivity index (χ0) is 14.9. The van der Waals surface area contributed by atoms with Crippen LogP contribution in [-0.2, 0) is 10.3 Å². The van der Waals surface area contributed by atoms with Gasteiger partial charge in [0.1, 0.15) is 11.3 Å². The first kappa shape index (κ1) is 14.4. The molecule has 0 N–H and O–H groups in total. The van der Waals surface area contributed by atoms with Crippen LogP contribution in [0.15, 0.2) is 12.1 Å². The molecule has 0 amide bonds. The highest BCUT2D eigenvalue weighted by atomic mass is 16.5. The number of hydrogen-bond acceptors (Lipinski definition) is 4. The van der Waals surface area contributed by atoms with E-state index in [1.54, 1.807) is 0 Å². The highest BCUT2D eigenvalue weighted by molar-refractivity contribution is 5.51. The summed E-state index contributed by atoms with van der Waals surface area (Å²) in [6.07, 6.45) is 1.72. The molecule has 4 nitrogen and oxygen atoms in total. The van der Waals surface area contributed by atoms with Gasteiger partial charge >= 0.3 is 0 Å². The van der Waals surface area contributed by atoms with Gasteiger partial charge in [-0.3, -0.25) is 4.90 Å². The van der Waals surface area contributed by atoms with Gasteiger partial charge in [0, 0.05) is 18.7 Å². The Morgan fingerprint density at radius 3 is 2.67 bits per heavy atom. The van der Waals surface area contributed by atoms with E-state index in [2.05, 4.69) is 36.9 Å². The molecule has 1 saturated heterocycles. The normalized spacial score (nSPS) is 26.3. The highest BCUT2D eigenvalue weighted by Gasteiger charge is 2.43. The monoisotopic (exact) mass is 286 g/mol. The van der Waals surface area contributed by atoms with Crippen LogP contribution in [0, 0.1) is 25.2 Å². The second-order valence-corrected chi connectivity index (χ2v) is 5.98. The summed E-state index contributed by atoms with van der Waals surface area (Å²) in [4.78, 5) is 2.28. The van der Waals surface area contributed by atoms with Crippen molar-refractivity contribution in [1.82, 2.24) is 4.90 Å². The first-order valence-corrected chi connectivity index (χ1v) is 7.66. The maximum Gasteiger partial charge on any atom is 0.138 e. The van der Waals surface area contributed by atoms with E-state index in [0.29, 0.717) is 19.8 Å². The van der Waals surface area contributed by atoms with Gasteiger partial charge in [0.25, 0.3) is 0 Å². The Kier molecular flexibility index (Phi) is 3.88. The maximum absolute atomic E-state index is 10.1. The molecule has 0 aromatic heterocycles. The third-order valence-corrected chi connectivity index (χ3v) is 4.53. The van der Waals surface area contributed by atoms with Gasteiger partial charge in [-0.15, -0.1) is 0 Å². The van der Waals surface area contributed by atoms with E-state index in [1.807, 2.05) is 0 Å². The van der Waals surface area contributed by atoms with Crippen molar-refractivity contribution in [3.63, 3.8) is 0 Å². The number of morpholine rings is 1. The van der Waals surface area contributed by atoms with Crippen molar-refractivity contribution >= 4 is 0 Å². The largest absolute Gasteiger partial charge is 0.493 e. The molecule has 0 saturated carbocycles. The number of nitrogens with zero attached hydrogens (tertiary/aromatic N) is 2. The van der Waals surface area contributed by atoms with Crippen molar-refractivity contribution in [2.45, 2.75) is 32.2 Å². The Hall–Kier alpha value is -1.57. The number of fused-ring (bicyclic) bond motifs is 1. The minimum atomic E-state index is -0.576. The van der Waals surface area contributed by atoms with Crippen molar-refractivity contribution in [3.8, 4) is 11.8 Å². The molecular formula is C17H22N2O2. The van der Waals surface area contributed by atoms with Crippen LogP contribution in [0.3, 0.4) is 0 Å². The Morgan fingerprint density at radius 2 is 1.95 bits per heavy atom. The van der Waals surface area contributed by atoms with Gasteiger partial charge in [0.2, 0.25) is 0 Å². The SMILES string of the molecule is Cc1cc(C)c2c(c1)OCCCC2(C#N)N1CCOCC1. The van der Waals surface area contributed by atoms with E-state index < -0.39 is 5.54 Å². The molecule has 1 aromatic carbocycles. The molecule has 0 aliphatic carbocycles. The summed E-state index contributed by atoms with van der Waals surface area (Å²) in [5.74, 6) is 0.887. The van der Waals surface area contributed by atoms with E-state index in [-0.39, 0.29) is 0 Å². The lowest BCUT2D eigenvalue weighted by Gasteiger charge is -2.41. The van der Waals surface area contributed by atoms with Crippen molar-refractivity contribution in [3.05, 3.63) is 28.8 Å². The summed E-state index contributed by atoms with van der Waals surface area (Å²) >= 11 is 0. The van der Waals surface area contributed by atoms with Crippen molar-refractivity contribution < 1.29 is 9.47 Å². The van der Waals surface area contributed by atoms with E-state index in [4.69, 9.17) is 9.47 Å². The van der Waals surface area contributed by atoms with Gasteiger partial charge in [-0.05, 0) is 43.9 Å². The summed E-state index contributed by atoms with van der Waals surface area (Å²) in [5, 5.41) is 10.1. The molecule has 1 aromatic rings. The van der Waals surface area contributed by atoms with Crippen molar-refractivity contribution in [2.24, 2.45) is 0 Å². The fourth-order valence-electron chi connectivity index (χ4n) is 3.65. The van der Waals surface area contributed by atoms with Crippen LogP contribution in [0.5, 0.6) is 5.75 Å². The van der Waals surface area contributed by atoms with Crippen LogP contribution < -0.4 is 4.74 Å². The number of rotatable bonds is 1. The number of aryl methyl sites for hydroxylation is 2. The maximum atomic E-state index is 10.1. The van der Waals surface area contributed by atoms with Gasteiger partial charge < -0.3 is 9.47 Å². The van der Waals surface area contributed by atoms with Crippen LogP contribution in [0.2, 0.25) is 0 Å². The Balaban J connectivity index is 2.15. The van der Waals surface area contributed by atoms with E-state index in [0.717, 1.165) is 42.8 Å². The fourth-order valence-corrected chi connectivity index (χ4v) is 3.65. The minimum absolute atomic E-state index is 0.576. The molecule has 21 heavy (non-hydrogen) atoms. The summed E-state index contributed by atoms with van der Waals surface area (Å²) in [6.45, 7) is 7.86. The minimum Gasteiger partial charge on any atom is -0.493 e. The first-order valence-electron chi connectivity index (χ1n) is 7.66. The van der Waals surface area contributed by atoms with Gasteiger partial charge in [-0.25, -0.2) is 0 Å². The standard InChI is InChI=1S/C17H22N2O2/c1-13-10-14(2)16-15(11-13)21-7-3-4-17(16,12-18)19-5-8-20-9-6-19/h10-11H,3-9H2,1-2H3. The van der Waals surface area contributed by atoms with E-state index in [1.165, 1.54) is 5.56 Å². The molecule has 0 radical (unpaired) electrons. The average Bonchev–Trinajstić information content (AvgIpc) is 2.68. The fraction of sp³-hybridized carbons (Fsp3) is 0.588. The second kappa shape index (κ2) is 5.67. The molecule has 2 aliphatic rings. The summed E-state index contributed by atoms with van der Waals surface area (Å²) in [5.41, 5.74) is 2.82. The molecule has 3 rings (SSSR count). The summed E-state index contributed by atoms with van der Waals surface area (Å²) < 4.78 is 11.4. The molecule has 1 atom stereocenters. The number of nitriles is 1. The Labute approximate surface area is 126 Å². The smallest absolute Gasteiger partial charge is 0.138 e. The van der Waals surface area contributed by atoms with Crippen molar-refractivity contribution in [2.75, 3.05) is 32.9 Å². The predicted octanol–water partition coefficient (Wildman–Crippen LogP) is 2.53. The second-order valence-electron chi connectivity index (χ2n) is 5.98. The first-order chi connectivity index (χ1) is 10.2. The van der Waals surface area contributed by atoms with Crippen LogP contribution >= 0.6 is 0 Å². The number of benzene rings is 1. The van der Waals surface area contributed by atoms with Gasteiger partial charge in [-0.2, -0.15) is 5.26 Å². The molecule has 2 aliphatic heterocycles. The third kappa shape index (κ3) is 2.41. The Morgan fingerprint density at radius 1 is 1.19 bits per heavy atom. The average molecular weight is 286 g/mol. The zero-order valence-electron chi connectivity index (χ0n) is 12.8. The number of hydrogen-bond donors (Lipinski definition) is 0. The molecule has 112 valence electrons. The van der Waals surface area contributed by atoms with Gasteiger partial charge in [-0.1, -0.05) is 6.07 Å². The summed E-state index contributed by atoms with van der Waals surface area (Å²) in [7, 11) is 0. The van der Waals surface area contributed by atoms with Crippen LogP contribution in [0.1, 0.15) is 29.5 Å². The lowest BCUT2D eigenvalue weighted by Crippen LogP contribution is -2.50. The lowest BCUT2D eigenvalue weighted by molar-refractivity contribution is -0.00781. The molecular weight excluding hydrogens is 264 g/mol. The third-order valence-electron chi connectivity index (χ3n) is 4.53. The summed E-state index contributed by atoms with van der Waals surface area (Å²) in [6, 6.07) is 6.86. The van der Waals surface area contributed by atoms with Crippen LogP contribution in [0.25, 0.3) is 0 Å². The number of ether oxygens (including phenoxy) is 2. The molecule has 4 heteroatoms. The molecule has 2 heterocycles. The zero-order valence-corrected chi connectivity index (χ0v) is 12.8. The van der Waals surface area contributed by atoms with Crippen LogP contribution in [-0.4, -0.2) is 37.8 Å². The molecule has 1 fully saturated rings. The van der Waals surface area contributed by atoms with Crippen molar-refractivity contribution in [1.29, 1.82) is 5.26 Å². The van der Waals surface area contributed by atoms with Crippen LogP contribution in [0.4, 0.5) is 0 Å². The Bertz CT molecular complexity index is 573. The quantitative estimate of drug-likeness (QED) is 0.796. The van der Waals surface area contributed by atoms with E-state index in [9.17, 15) is 5.26 Å². The topological polar surface area (TPSA) is 45.5 Å². The lowest BCUT2D eigenvalue weighted by atomic mass is 9.81. The molecule has 0 spiro atoms. The predicted molar refractivity (Wildman–Crippen MR) is 80.3 cm³/mol. The van der Waals surface area contributed by atoms with E-state index >= 15 is 0 Å². The molecule has 1 unspecified atom stereocenters.